The van der Waals surface area contributed by atoms with Crippen molar-refractivity contribution in [3.05, 3.63) is 29.6 Å². The lowest BCUT2D eigenvalue weighted by atomic mass is 10.0. The fourth-order valence-corrected chi connectivity index (χ4v) is 3.37. The Morgan fingerprint density at radius 2 is 2.24 bits per heavy atom. The molecule has 1 aromatic rings. The van der Waals surface area contributed by atoms with E-state index in [0.29, 0.717) is 0 Å². The highest BCUT2D eigenvalue weighted by Crippen LogP contribution is 2.16. The van der Waals surface area contributed by atoms with Gasteiger partial charge in [-0.3, -0.25) is 0 Å². The molecule has 2 rings (SSSR count). The topological polar surface area (TPSA) is 82.0 Å². The van der Waals surface area contributed by atoms with Crippen molar-refractivity contribution in [1.29, 1.82) is 5.26 Å². The van der Waals surface area contributed by atoms with Crippen LogP contribution in [-0.2, 0) is 10.0 Å². The third kappa shape index (κ3) is 4.64. The minimum atomic E-state index is -3.88. The average molecular weight is 334 g/mol. The Labute approximate surface area is 130 Å². The first-order valence-corrected chi connectivity index (χ1v) is 7.91. The molecule has 0 radical (unpaired) electrons. The van der Waals surface area contributed by atoms with Crippen LogP contribution in [0.25, 0.3) is 0 Å². The Balaban J connectivity index is 0.00000220. The van der Waals surface area contributed by atoms with Crippen LogP contribution in [0.15, 0.2) is 23.1 Å². The number of nitriles is 1. The molecule has 0 aliphatic carbocycles. The molecule has 0 bridgehead atoms. The Morgan fingerprint density at radius 1 is 1.48 bits per heavy atom. The summed E-state index contributed by atoms with van der Waals surface area (Å²) in [7, 11) is -3.88. The molecular weight excluding hydrogens is 317 g/mol. The predicted octanol–water partition coefficient (Wildman–Crippen LogP) is 1.40. The maximum atomic E-state index is 13.7. The van der Waals surface area contributed by atoms with Crippen LogP contribution in [-0.4, -0.2) is 28.1 Å². The zero-order valence-electron chi connectivity index (χ0n) is 11.3. The van der Waals surface area contributed by atoms with Gasteiger partial charge in [-0.05, 0) is 50.0 Å². The van der Waals surface area contributed by atoms with Gasteiger partial charge in [0.1, 0.15) is 10.7 Å². The number of hydrogen-bond donors (Lipinski definition) is 2. The maximum Gasteiger partial charge on any atom is 0.243 e. The van der Waals surface area contributed by atoms with Crippen molar-refractivity contribution >= 4 is 22.4 Å². The van der Waals surface area contributed by atoms with Gasteiger partial charge in [0.2, 0.25) is 10.0 Å². The SMILES string of the molecule is Cl.N#Cc1ccc(S(=O)(=O)NCC2CCCNC2)c(F)c1. The van der Waals surface area contributed by atoms with Crippen molar-refractivity contribution in [1.82, 2.24) is 10.0 Å². The summed E-state index contributed by atoms with van der Waals surface area (Å²) >= 11 is 0. The molecule has 0 spiro atoms. The van der Waals surface area contributed by atoms with E-state index in [4.69, 9.17) is 5.26 Å². The largest absolute Gasteiger partial charge is 0.316 e. The second kappa shape index (κ2) is 7.71. The van der Waals surface area contributed by atoms with Crippen molar-refractivity contribution in [3.8, 4) is 6.07 Å². The molecule has 8 heteroatoms. The minimum Gasteiger partial charge on any atom is -0.316 e. The van der Waals surface area contributed by atoms with Gasteiger partial charge in [-0.15, -0.1) is 12.4 Å². The van der Waals surface area contributed by atoms with Gasteiger partial charge < -0.3 is 5.32 Å². The van der Waals surface area contributed by atoms with Gasteiger partial charge in [0.25, 0.3) is 0 Å². The van der Waals surface area contributed by atoms with Crippen LogP contribution in [0.4, 0.5) is 4.39 Å². The second-order valence-corrected chi connectivity index (χ2v) is 6.56. The van der Waals surface area contributed by atoms with Gasteiger partial charge in [-0.25, -0.2) is 17.5 Å². The monoisotopic (exact) mass is 333 g/mol. The standard InChI is InChI=1S/C13H16FN3O2S.ClH/c14-12-6-10(7-15)3-4-13(12)20(18,19)17-9-11-2-1-5-16-8-11;/h3-4,6,11,16-17H,1-2,5,8-9H2;1H. The minimum absolute atomic E-state index is 0. The summed E-state index contributed by atoms with van der Waals surface area (Å²) < 4.78 is 40.2. The molecule has 1 fully saturated rings. The van der Waals surface area contributed by atoms with Gasteiger partial charge in [0.05, 0.1) is 11.6 Å². The number of rotatable bonds is 4. The molecule has 0 aromatic heterocycles. The summed E-state index contributed by atoms with van der Waals surface area (Å²) in [4.78, 5) is -0.416. The Hall–Kier alpha value is -1.20. The second-order valence-electron chi connectivity index (χ2n) is 4.82. The number of halogens is 2. The van der Waals surface area contributed by atoms with Crippen LogP contribution in [0.5, 0.6) is 0 Å². The number of hydrogen-bond acceptors (Lipinski definition) is 4. The molecule has 1 aliphatic heterocycles. The molecule has 1 saturated heterocycles. The van der Waals surface area contributed by atoms with Crippen molar-refractivity contribution in [3.63, 3.8) is 0 Å². The summed E-state index contributed by atoms with van der Waals surface area (Å²) in [6.07, 6.45) is 1.96. The molecule has 0 amide bonds. The lowest BCUT2D eigenvalue weighted by Crippen LogP contribution is -2.38. The van der Waals surface area contributed by atoms with Crippen molar-refractivity contribution in [2.75, 3.05) is 19.6 Å². The molecule has 1 atom stereocenters. The highest BCUT2D eigenvalue weighted by molar-refractivity contribution is 7.89. The van der Waals surface area contributed by atoms with E-state index >= 15 is 0 Å². The van der Waals surface area contributed by atoms with E-state index in [9.17, 15) is 12.8 Å². The normalized spacial score (nSPS) is 18.6. The van der Waals surface area contributed by atoms with E-state index < -0.39 is 20.7 Å². The molecule has 116 valence electrons. The first-order valence-electron chi connectivity index (χ1n) is 6.43. The Kier molecular flexibility index (Phi) is 6.55. The highest BCUT2D eigenvalue weighted by Gasteiger charge is 2.21. The molecule has 1 heterocycles. The maximum absolute atomic E-state index is 13.7. The van der Waals surface area contributed by atoms with E-state index in [1.54, 1.807) is 6.07 Å². The van der Waals surface area contributed by atoms with Crippen molar-refractivity contribution < 1.29 is 12.8 Å². The van der Waals surface area contributed by atoms with Gasteiger partial charge in [0.15, 0.2) is 0 Å². The van der Waals surface area contributed by atoms with Crippen LogP contribution >= 0.6 is 12.4 Å². The van der Waals surface area contributed by atoms with E-state index in [1.807, 2.05) is 0 Å². The van der Waals surface area contributed by atoms with Gasteiger partial charge in [-0.2, -0.15) is 5.26 Å². The average Bonchev–Trinajstić information content (AvgIpc) is 2.46. The number of piperidine rings is 1. The van der Waals surface area contributed by atoms with Crippen LogP contribution < -0.4 is 10.0 Å². The predicted molar refractivity (Wildman–Crippen MR) is 79.1 cm³/mol. The summed E-state index contributed by atoms with van der Waals surface area (Å²) in [5.41, 5.74) is 0.0953. The molecule has 1 unspecified atom stereocenters. The summed E-state index contributed by atoms with van der Waals surface area (Å²) in [5, 5.41) is 11.8. The van der Waals surface area contributed by atoms with Crippen molar-refractivity contribution in [2.45, 2.75) is 17.7 Å². The quantitative estimate of drug-likeness (QED) is 0.872. The smallest absolute Gasteiger partial charge is 0.243 e. The van der Waals surface area contributed by atoms with Gasteiger partial charge >= 0.3 is 0 Å². The van der Waals surface area contributed by atoms with Crippen molar-refractivity contribution in [2.24, 2.45) is 5.92 Å². The lowest BCUT2D eigenvalue weighted by Gasteiger charge is -2.22. The fourth-order valence-electron chi connectivity index (χ4n) is 2.19. The van der Waals surface area contributed by atoms with E-state index in [-0.39, 0.29) is 30.4 Å². The molecule has 5 nitrogen and oxygen atoms in total. The number of nitrogens with zero attached hydrogens (tertiary/aromatic N) is 1. The first kappa shape index (κ1) is 17.9. The number of benzene rings is 1. The molecule has 2 N–H and O–H groups in total. The fraction of sp³-hybridized carbons (Fsp3) is 0.462. The van der Waals surface area contributed by atoms with Gasteiger partial charge in [0, 0.05) is 6.54 Å². The van der Waals surface area contributed by atoms with Crippen LogP contribution in [0.2, 0.25) is 0 Å². The third-order valence-corrected chi connectivity index (χ3v) is 4.77. The summed E-state index contributed by atoms with van der Waals surface area (Å²) in [6, 6.07) is 5.11. The molecular formula is C13H17ClFN3O2S. The van der Waals surface area contributed by atoms with Gasteiger partial charge in [-0.1, -0.05) is 0 Å². The van der Waals surface area contributed by atoms with E-state index in [2.05, 4.69) is 10.0 Å². The van der Waals surface area contributed by atoms with Crippen LogP contribution in [0.1, 0.15) is 18.4 Å². The Bertz CT molecular complexity index is 625. The van der Waals surface area contributed by atoms with Crippen LogP contribution in [0, 0.1) is 23.1 Å². The number of nitrogens with one attached hydrogen (secondary N) is 2. The van der Waals surface area contributed by atoms with Crippen LogP contribution in [0.3, 0.4) is 0 Å². The highest BCUT2D eigenvalue weighted by atomic mass is 35.5. The zero-order valence-corrected chi connectivity index (χ0v) is 12.9. The van der Waals surface area contributed by atoms with E-state index in [1.165, 1.54) is 6.07 Å². The Morgan fingerprint density at radius 3 is 2.81 bits per heavy atom. The first-order chi connectivity index (χ1) is 9.53. The lowest BCUT2D eigenvalue weighted by molar-refractivity contribution is 0.375. The number of sulfonamides is 1. The summed E-state index contributed by atoms with van der Waals surface area (Å²) in [6.45, 7) is 2.00. The zero-order chi connectivity index (χ0) is 14.6. The summed E-state index contributed by atoms with van der Waals surface area (Å²) in [5.74, 6) is -0.682. The molecule has 1 aromatic carbocycles. The molecule has 0 saturated carbocycles. The molecule has 1 aliphatic rings. The molecule has 21 heavy (non-hydrogen) atoms. The van der Waals surface area contributed by atoms with E-state index in [0.717, 1.165) is 38.1 Å². The third-order valence-electron chi connectivity index (χ3n) is 3.31.